The second-order valence-corrected chi connectivity index (χ2v) is 8.44. The van der Waals surface area contributed by atoms with Crippen molar-refractivity contribution in [1.82, 2.24) is 4.72 Å². The van der Waals surface area contributed by atoms with Crippen molar-refractivity contribution in [3.8, 4) is 5.75 Å². The third-order valence-corrected chi connectivity index (χ3v) is 6.17. The average Bonchev–Trinajstić information content (AvgIpc) is 2.73. The first-order valence-corrected chi connectivity index (χ1v) is 11.2. The predicted molar refractivity (Wildman–Crippen MR) is 111 cm³/mol. The molecule has 0 atom stereocenters. The van der Waals surface area contributed by atoms with Crippen LogP contribution in [0.25, 0.3) is 0 Å². The summed E-state index contributed by atoms with van der Waals surface area (Å²) in [5.74, 6) is 0.668. The van der Waals surface area contributed by atoms with E-state index in [1.807, 2.05) is 6.92 Å². The molecule has 3 rings (SSSR count). The molecule has 0 saturated carbocycles. The number of nitrogens with zero attached hydrogens (tertiary/aromatic N) is 1. The van der Waals surface area contributed by atoms with Gasteiger partial charge in [-0.1, -0.05) is 12.1 Å². The first-order chi connectivity index (χ1) is 13.6. The van der Waals surface area contributed by atoms with Crippen LogP contribution in [0.1, 0.15) is 18.9 Å². The highest BCUT2D eigenvalue weighted by Crippen LogP contribution is 2.18. The molecule has 1 fully saturated rings. The van der Waals surface area contributed by atoms with E-state index in [9.17, 15) is 8.42 Å². The minimum absolute atomic E-state index is 0.255. The number of rotatable bonds is 9. The molecule has 0 aromatic heterocycles. The van der Waals surface area contributed by atoms with E-state index >= 15 is 0 Å². The minimum Gasteiger partial charge on any atom is -0.494 e. The number of nitrogens with one attached hydrogen (secondary N) is 1. The van der Waals surface area contributed by atoms with E-state index in [1.165, 1.54) is 11.3 Å². The van der Waals surface area contributed by atoms with Crippen molar-refractivity contribution in [3.63, 3.8) is 0 Å². The lowest BCUT2D eigenvalue weighted by atomic mass is 10.1. The van der Waals surface area contributed by atoms with Crippen LogP contribution in [0.3, 0.4) is 0 Å². The van der Waals surface area contributed by atoms with E-state index in [-0.39, 0.29) is 4.90 Å². The molecule has 0 bridgehead atoms. The van der Waals surface area contributed by atoms with Gasteiger partial charge in [-0.25, -0.2) is 13.1 Å². The summed E-state index contributed by atoms with van der Waals surface area (Å²) < 4.78 is 38.1. The van der Waals surface area contributed by atoms with Gasteiger partial charge in [-0.05, 0) is 61.7 Å². The Morgan fingerprint density at radius 1 is 1.04 bits per heavy atom. The highest BCUT2D eigenvalue weighted by atomic mass is 32.2. The molecule has 1 saturated heterocycles. The molecule has 0 aliphatic carbocycles. The molecule has 7 heteroatoms. The summed E-state index contributed by atoms with van der Waals surface area (Å²) in [4.78, 5) is 2.57. The van der Waals surface area contributed by atoms with Gasteiger partial charge >= 0.3 is 0 Å². The maximum absolute atomic E-state index is 12.4. The smallest absolute Gasteiger partial charge is 0.240 e. The van der Waals surface area contributed by atoms with Crippen molar-refractivity contribution in [1.29, 1.82) is 0 Å². The fourth-order valence-electron chi connectivity index (χ4n) is 3.16. The Hall–Kier alpha value is -2.09. The molecule has 0 amide bonds. The number of sulfonamides is 1. The van der Waals surface area contributed by atoms with Crippen LogP contribution in [-0.2, 0) is 21.2 Å². The molecule has 152 valence electrons. The van der Waals surface area contributed by atoms with Gasteiger partial charge < -0.3 is 14.4 Å². The summed E-state index contributed by atoms with van der Waals surface area (Å²) in [6.07, 6.45) is 1.57. The van der Waals surface area contributed by atoms with E-state index in [2.05, 4.69) is 33.9 Å². The van der Waals surface area contributed by atoms with Crippen LogP contribution < -0.4 is 14.4 Å². The van der Waals surface area contributed by atoms with Gasteiger partial charge in [0.05, 0.1) is 24.7 Å². The molecule has 1 heterocycles. The summed E-state index contributed by atoms with van der Waals surface area (Å²) in [5.41, 5.74) is 2.42. The van der Waals surface area contributed by atoms with Crippen molar-refractivity contribution in [3.05, 3.63) is 54.1 Å². The summed E-state index contributed by atoms with van der Waals surface area (Å²) in [6, 6.07) is 15.0. The van der Waals surface area contributed by atoms with Gasteiger partial charge in [-0.2, -0.15) is 0 Å². The van der Waals surface area contributed by atoms with Crippen LogP contribution in [0.4, 0.5) is 5.69 Å². The number of morpholine rings is 1. The van der Waals surface area contributed by atoms with Crippen molar-refractivity contribution in [2.24, 2.45) is 0 Å². The summed E-state index contributed by atoms with van der Waals surface area (Å²) >= 11 is 0. The lowest BCUT2D eigenvalue weighted by molar-refractivity contribution is 0.122. The molecule has 0 spiro atoms. The first kappa shape index (κ1) is 20.6. The second kappa shape index (κ2) is 9.91. The Bertz CT molecular complexity index is 830. The summed E-state index contributed by atoms with van der Waals surface area (Å²) in [7, 11) is -3.49. The number of ether oxygens (including phenoxy) is 2. The molecule has 0 unspecified atom stereocenters. The molecule has 0 radical (unpaired) electrons. The Kier molecular flexibility index (Phi) is 7.30. The minimum atomic E-state index is -3.49. The Morgan fingerprint density at radius 3 is 2.36 bits per heavy atom. The number of benzene rings is 2. The van der Waals surface area contributed by atoms with Crippen LogP contribution in [-0.4, -0.2) is 47.9 Å². The maximum atomic E-state index is 12.4. The van der Waals surface area contributed by atoms with Gasteiger partial charge in [0.25, 0.3) is 0 Å². The Labute approximate surface area is 167 Å². The molecule has 6 nitrogen and oxygen atoms in total. The van der Waals surface area contributed by atoms with Crippen LogP contribution in [0, 0.1) is 0 Å². The third kappa shape index (κ3) is 5.70. The van der Waals surface area contributed by atoms with Gasteiger partial charge in [0.2, 0.25) is 10.0 Å². The fourth-order valence-corrected chi connectivity index (χ4v) is 4.23. The molecule has 2 aromatic carbocycles. The van der Waals surface area contributed by atoms with Gasteiger partial charge in [0, 0.05) is 25.3 Å². The normalized spacial score (nSPS) is 14.8. The zero-order chi connectivity index (χ0) is 19.8. The second-order valence-electron chi connectivity index (χ2n) is 6.67. The van der Waals surface area contributed by atoms with Crippen LogP contribution in [0.2, 0.25) is 0 Å². The molecular weight excluding hydrogens is 376 g/mol. The summed E-state index contributed by atoms with van der Waals surface area (Å²) in [5, 5.41) is 0. The van der Waals surface area contributed by atoms with Crippen molar-refractivity contribution < 1.29 is 17.9 Å². The molecule has 1 aliphatic heterocycles. The van der Waals surface area contributed by atoms with Gasteiger partial charge in [-0.3, -0.25) is 0 Å². The van der Waals surface area contributed by atoms with Crippen LogP contribution >= 0.6 is 0 Å². The van der Waals surface area contributed by atoms with E-state index in [0.29, 0.717) is 18.9 Å². The highest BCUT2D eigenvalue weighted by Gasteiger charge is 2.13. The molecule has 1 aliphatic rings. The number of hydrogen-bond donors (Lipinski definition) is 1. The number of anilines is 1. The lowest BCUT2D eigenvalue weighted by Crippen LogP contribution is -2.36. The van der Waals surface area contributed by atoms with Crippen molar-refractivity contribution in [2.75, 3.05) is 44.4 Å². The molecule has 28 heavy (non-hydrogen) atoms. The van der Waals surface area contributed by atoms with Crippen LogP contribution in [0.5, 0.6) is 5.75 Å². The third-order valence-electron chi connectivity index (χ3n) is 4.69. The largest absolute Gasteiger partial charge is 0.494 e. The van der Waals surface area contributed by atoms with E-state index < -0.39 is 10.0 Å². The van der Waals surface area contributed by atoms with Gasteiger partial charge in [0.15, 0.2) is 0 Å². The molecular formula is C21H28N2O4S. The molecule has 2 aromatic rings. The average molecular weight is 405 g/mol. The Balaban J connectivity index is 1.45. The van der Waals surface area contributed by atoms with Gasteiger partial charge in [0.1, 0.15) is 5.75 Å². The standard InChI is InChI=1S/C21H28N2O4S/c1-2-27-20-9-11-21(12-10-20)28(24,25)22-13-3-4-18-5-7-19(8-6-18)23-14-16-26-17-15-23/h5-12,22H,2-4,13-17H2,1H3. The quantitative estimate of drug-likeness (QED) is 0.651. The van der Waals surface area contributed by atoms with E-state index in [0.717, 1.165) is 39.1 Å². The topological polar surface area (TPSA) is 67.9 Å². The Morgan fingerprint density at radius 2 is 1.71 bits per heavy atom. The molecule has 1 N–H and O–H groups in total. The monoisotopic (exact) mass is 404 g/mol. The predicted octanol–water partition coefficient (Wildman–Crippen LogP) is 2.83. The zero-order valence-corrected chi connectivity index (χ0v) is 17.1. The van der Waals surface area contributed by atoms with Crippen molar-refractivity contribution >= 4 is 15.7 Å². The maximum Gasteiger partial charge on any atom is 0.240 e. The van der Waals surface area contributed by atoms with Crippen LogP contribution in [0.15, 0.2) is 53.4 Å². The number of aryl methyl sites for hydroxylation is 1. The fraction of sp³-hybridized carbons (Fsp3) is 0.429. The van der Waals surface area contributed by atoms with Crippen molar-refractivity contribution in [2.45, 2.75) is 24.7 Å². The highest BCUT2D eigenvalue weighted by molar-refractivity contribution is 7.89. The first-order valence-electron chi connectivity index (χ1n) is 9.72. The zero-order valence-electron chi connectivity index (χ0n) is 16.3. The lowest BCUT2D eigenvalue weighted by Gasteiger charge is -2.28. The summed E-state index contributed by atoms with van der Waals surface area (Å²) in [6.45, 7) is 6.24. The van der Waals surface area contributed by atoms with E-state index in [1.54, 1.807) is 24.3 Å². The van der Waals surface area contributed by atoms with Gasteiger partial charge in [-0.15, -0.1) is 0 Å². The SMILES string of the molecule is CCOc1ccc(S(=O)(=O)NCCCc2ccc(N3CCOCC3)cc2)cc1. The van der Waals surface area contributed by atoms with E-state index in [4.69, 9.17) is 9.47 Å². The number of hydrogen-bond acceptors (Lipinski definition) is 5.